The van der Waals surface area contributed by atoms with Gasteiger partial charge in [-0.15, -0.1) is 0 Å². The Hall–Kier alpha value is -1.51. The smallest absolute Gasteiger partial charge is 0.300 e. The molecule has 0 radical (unpaired) electrons. The highest BCUT2D eigenvalue weighted by Gasteiger charge is 2.33. The molecule has 20 heavy (non-hydrogen) atoms. The SMILES string of the molecule is CC(=O)O.CC(C)(C)c1cc(O)c2c(c1)C(C)(C)CC2. The largest absolute Gasteiger partial charge is 0.508 e. The van der Waals surface area contributed by atoms with Crippen molar-refractivity contribution >= 4 is 5.97 Å². The number of rotatable bonds is 0. The molecule has 1 aliphatic rings. The Morgan fingerprint density at radius 3 is 2.20 bits per heavy atom. The first kappa shape index (κ1) is 16.5. The van der Waals surface area contributed by atoms with Crippen LogP contribution in [0.15, 0.2) is 12.1 Å². The van der Waals surface area contributed by atoms with Gasteiger partial charge in [0.1, 0.15) is 5.75 Å². The number of aliphatic carboxylic acids is 1. The summed E-state index contributed by atoms with van der Waals surface area (Å²) in [6.45, 7) is 12.2. The van der Waals surface area contributed by atoms with Crippen molar-refractivity contribution in [3.05, 3.63) is 28.8 Å². The average molecular weight is 278 g/mol. The zero-order chi connectivity index (χ0) is 15.7. The number of phenols is 1. The molecule has 0 spiro atoms. The molecule has 2 rings (SSSR count). The van der Waals surface area contributed by atoms with Gasteiger partial charge in [-0.05, 0) is 46.4 Å². The zero-order valence-corrected chi connectivity index (χ0v) is 13.4. The van der Waals surface area contributed by atoms with Crippen molar-refractivity contribution in [3.63, 3.8) is 0 Å². The van der Waals surface area contributed by atoms with E-state index in [1.807, 2.05) is 6.07 Å². The minimum atomic E-state index is -0.833. The van der Waals surface area contributed by atoms with Crippen LogP contribution in [0.4, 0.5) is 0 Å². The van der Waals surface area contributed by atoms with E-state index in [0.717, 1.165) is 25.3 Å². The van der Waals surface area contributed by atoms with Gasteiger partial charge in [-0.1, -0.05) is 40.7 Å². The van der Waals surface area contributed by atoms with Crippen molar-refractivity contribution in [2.24, 2.45) is 0 Å². The summed E-state index contributed by atoms with van der Waals surface area (Å²) in [7, 11) is 0. The number of carboxylic acids is 1. The predicted molar refractivity (Wildman–Crippen MR) is 81.5 cm³/mol. The van der Waals surface area contributed by atoms with Gasteiger partial charge in [-0.25, -0.2) is 0 Å². The van der Waals surface area contributed by atoms with Crippen LogP contribution in [0, 0.1) is 0 Å². The standard InChI is InChI=1S/C15H22O.C2H4O2/c1-14(2,3)10-8-12-11(13(16)9-10)6-7-15(12,4)5;1-2(3)4/h8-9,16H,6-7H2,1-5H3;1H3,(H,3,4). The molecule has 0 fully saturated rings. The molecule has 1 aromatic carbocycles. The Kier molecular flexibility index (Phi) is 4.52. The van der Waals surface area contributed by atoms with E-state index in [2.05, 4.69) is 40.7 Å². The molecule has 0 bridgehead atoms. The molecular formula is C17H26O3. The number of carboxylic acid groups (broad SMARTS) is 1. The van der Waals surface area contributed by atoms with Crippen LogP contribution >= 0.6 is 0 Å². The van der Waals surface area contributed by atoms with Crippen LogP contribution in [0.3, 0.4) is 0 Å². The van der Waals surface area contributed by atoms with Gasteiger partial charge in [0, 0.05) is 6.92 Å². The van der Waals surface area contributed by atoms with Crippen molar-refractivity contribution in [1.82, 2.24) is 0 Å². The third-order valence-electron chi connectivity index (χ3n) is 3.82. The monoisotopic (exact) mass is 278 g/mol. The summed E-state index contributed by atoms with van der Waals surface area (Å²) in [4.78, 5) is 9.00. The van der Waals surface area contributed by atoms with E-state index < -0.39 is 5.97 Å². The lowest BCUT2D eigenvalue weighted by molar-refractivity contribution is -0.134. The third-order valence-corrected chi connectivity index (χ3v) is 3.82. The van der Waals surface area contributed by atoms with E-state index >= 15 is 0 Å². The first-order valence-corrected chi connectivity index (χ1v) is 7.01. The fourth-order valence-electron chi connectivity index (χ4n) is 2.53. The highest BCUT2D eigenvalue weighted by atomic mass is 16.4. The Bertz CT molecular complexity index is 504. The summed E-state index contributed by atoms with van der Waals surface area (Å²) < 4.78 is 0. The quantitative estimate of drug-likeness (QED) is 0.754. The number of hydrogen-bond acceptors (Lipinski definition) is 2. The van der Waals surface area contributed by atoms with E-state index in [9.17, 15) is 5.11 Å². The van der Waals surface area contributed by atoms with Crippen LogP contribution in [-0.4, -0.2) is 16.2 Å². The van der Waals surface area contributed by atoms with Gasteiger partial charge in [0.05, 0.1) is 0 Å². The van der Waals surface area contributed by atoms with Gasteiger partial charge >= 0.3 is 0 Å². The van der Waals surface area contributed by atoms with Gasteiger partial charge in [-0.3, -0.25) is 4.79 Å². The van der Waals surface area contributed by atoms with Crippen molar-refractivity contribution < 1.29 is 15.0 Å². The number of phenolic OH excluding ortho intramolecular Hbond substituents is 1. The first-order chi connectivity index (χ1) is 8.95. The number of hydrogen-bond donors (Lipinski definition) is 2. The Morgan fingerprint density at radius 2 is 1.75 bits per heavy atom. The van der Waals surface area contributed by atoms with Gasteiger partial charge in [0.25, 0.3) is 5.97 Å². The summed E-state index contributed by atoms with van der Waals surface area (Å²) in [6, 6.07) is 4.24. The summed E-state index contributed by atoms with van der Waals surface area (Å²) in [5.74, 6) is -0.340. The van der Waals surface area contributed by atoms with Crippen molar-refractivity contribution in [1.29, 1.82) is 0 Å². The zero-order valence-electron chi connectivity index (χ0n) is 13.4. The van der Waals surface area contributed by atoms with Crippen LogP contribution in [0.25, 0.3) is 0 Å². The first-order valence-electron chi connectivity index (χ1n) is 7.01. The van der Waals surface area contributed by atoms with E-state index in [1.54, 1.807) is 0 Å². The molecule has 1 aromatic rings. The Labute approximate surface area is 121 Å². The van der Waals surface area contributed by atoms with Crippen LogP contribution in [0.1, 0.15) is 64.7 Å². The summed E-state index contributed by atoms with van der Waals surface area (Å²) in [5.41, 5.74) is 4.06. The second-order valence-corrected chi connectivity index (χ2v) is 7.17. The lowest BCUT2D eigenvalue weighted by Crippen LogP contribution is -2.16. The molecule has 0 saturated heterocycles. The van der Waals surface area contributed by atoms with Crippen LogP contribution in [0.5, 0.6) is 5.75 Å². The predicted octanol–water partition coefficient (Wildman–Crippen LogP) is 4.00. The molecule has 0 atom stereocenters. The van der Waals surface area contributed by atoms with Crippen molar-refractivity contribution in [2.45, 2.75) is 65.2 Å². The maximum atomic E-state index is 10.1. The Balaban J connectivity index is 0.000000444. The molecule has 0 heterocycles. The molecule has 112 valence electrons. The molecule has 3 heteroatoms. The van der Waals surface area contributed by atoms with Crippen molar-refractivity contribution in [3.8, 4) is 5.75 Å². The van der Waals surface area contributed by atoms with Gasteiger partial charge in [0.2, 0.25) is 0 Å². The van der Waals surface area contributed by atoms with Crippen LogP contribution in [0.2, 0.25) is 0 Å². The molecule has 0 aromatic heterocycles. The Morgan fingerprint density at radius 1 is 1.25 bits per heavy atom. The molecule has 3 nitrogen and oxygen atoms in total. The minimum absolute atomic E-state index is 0.102. The highest BCUT2D eigenvalue weighted by molar-refractivity contribution is 5.63. The van der Waals surface area contributed by atoms with E-state index in [0.29, 0.717) is 5.75 Å². The normalized spacial score (nSPS) is 16.1. The fourth-order valence-corrected chi connectivity index (χ4v) is 2.53. The maximum Gasteiger partial charge on any atom is 0.300 e. The fraction of sp³-hybridized carbons (Fsp3) is 0.588. The number of benzene rings is 1. The minimum Gasteiger partial charge on any atom is -0.508 e. The van der Waals surface area contributed by atoms with E-state index in [-0.39, 0.29) is 10.8 Å². The molecule has 0 saturated carbocycles. The topological polar surface area (TPSA) is 57.5 Å². The highest BCUT2D eigenvalue weighted by Crippen LogP contribution is 2.44. The molecule has 0 amide bonds. The van der Waals surface area contributed by atoms with Gasteiger partial charge in [-0.2, -0.15) is 0 Å². The lowest BCUT2D eigenvalue weighted by Gasteiger charge is -2.24. The number of fused-ring (bicyclic) bond motifs is 1. The maximum absolute atomic E-state index is 10.1. The van der Waals surface area contributed by atoms with Gasteiger partial charge in [0.15, 0.2) is 0 Å². The number of aromatic hydroxyl groups is 1. The van der Waals surface area contributed by atoms with Crippen LogP contribution in [-0.2, 0) is 22.0 Å². The lowest BCUT2D eigenvalue weighted by atomic mass is 9.80. The van der Waals surface area contributed by atoms with Gasteiger partial charge < -0.3 is 10.2 Å². The van der Waals surface area contributed by atoms with Crippen molar-refractivity contribution in [2.75, 3.05) is 0 Å². The average Bonchev–Trinajstić information content (AvgIpc) is 2.53. The summed E-state index contributed by atoms with van der Waals surface area (Å²) in [5, 5.41) is 17.5. The molecule has 2 N–H and O–H groups in total. The molecular weight excluding hydrogens is 252 g/mol. The number of carbonyl (C=O) groups is 1. The third kappa shape index (κ3) is 3.75. The summed E-state index contributed by atoms with van der Waals surface area (Å²) in [6.07, 6.45) is 2.15. The molecule has 0 aliphatic heterocycles. The summed E-state index contributed by atoms with van der Waals surface area (Å²) >= 11 is 0. The second-order valence-electron chi connectivity index (χ2n) is 7.17. The van der Waals surface area contributed by atoms with E-state index in [4.69, 9.17) is 9.90 Å². The molecule has 0 unspecified atom stereocenters. The second kappa shape index (κ2) is 5.47. The van der Waals surface area contributed by atoms with Crippen LogP contribution < -0.4 is 0 Å². The molecule has 1 aliphatic carbocycles. The van der Waals surface area contributed by atoms with E-state index in [1.165, 1.54) is 11.1 Å².